The minimum absolute atomic E-state index is 0.00480. The summed E-state index contributed by atoms with van der Waals surface area (Å²) in [5.41, 5.74) is -0.00815. The predicted molar refractivity (Wildman–Crippen MR) is 207 cm³/mol. The standard InChI is InChI=1S/C45H69NO9/c1-26-21-31(39(41(5,6)49)53-27(2)47)54-37-36(26)42(7)17-18-45-25-44(45)16-15-34(40(3,4)32(44)13-14-33(45)43(42,8)38(37)48)55-35-24-46(19-20-52-35)23-28-11-12-29(50-9)22-30(28)51-10/h11-12,22,26,31-39,48-49H,13-21,23-25H2,1-10H3. The fourth-order valence-corrected chi connectivity index (χ4v) is 14.9. The third kappa shape index (κ3) is 5.87. The van der Waals surface area contributed by atoms with Gasteiger partial charge in [0.1, 0.15) is 11.5 Å². The highest BCUT2D eigenvalue weighted by Gasteiger charge is 2.84. The Hall–Kier alpha value is -1.95. The summed E-state index contributed by atoms with van der Waals surface area (Å²) in [6.07, 6.45) is 6.31. The van der Waals surface area contributed by atoms with Crippen molar-refractivity contribution in [1.29, 1.82) is 0 Å². The second kappa shape index (κ2) is 13.6. The second-order valence-electron chi connectivity index (χ2n) is 20.6. The molecule has 14 atom stereocenters. The Kier molecular flexibility index (Phi) is 9.82. The molecule has 55 heavy (non-hydrogen) atoms. The summed E-state index contributed by atoms with van der Waals surface area (Å²) in [7, 11) is 3.38. The van der Waals surface area contributed by atoms with E-state index < -0.39 is 29.9 Å². The van der Waals surface area contributed by atoms with E-state index in [2.05, 4.69) is 45.6 Å². The summed E-state index contributed by atoms with van der Waals surface area (Å²) in [6.45, 7) is 19.8. The fraction of sp³-hybridized carbons (Fsp3) is 0.844. The lowest BCUT2D eigenvalue weighted by Crippen LogP contribution is -2.60. The number of fused-ring (bicyclic) bond motifs is 4. The van der Waals surface area contributed by atoms with Gasteiger partial charge in [-0.2, -0.15) is 0 Å². The number of morpholine rings is 1. The predicted octanol–water partition coefficient (Wildman–Crippen LogP) is 6.76. The molecule has 5 aliphatic carbocycles. The lowest BCUT2D eigenvalue weighted by atomic mass is 9.41. The molecule has 1 aromatic rings. The van der Waals surface area contributed by atoms with Gasteiger partial charge in [0.2, 0.25) is 0 Å². The monoisotopic (exact) mass is 767 g/mol. The Morgan fingerprint density at radius 1 is 1.04 bits per heavy atom. The molecule has 2 aliphatic heterocycles. The van der Waals surface area contributed by atoms with E-state index in [1.54, 1.807) is 28.1 Å². The SMILES string of the molecule is COc1ccc(CN2CCOC(OC3CCC45CC46CCC4(C)C7C(C)CC(C(OC(C)=O)C(C)(C)O)OC7C(O)C4(C)C6CCC5C3(C)C)C2)c(OC)c1. The van der Waals surface area contributed by atoms with Crippen molar-refractivity contribution >= 4 is 5.97 Å². The Balaban J connectivity index is 0.981. The van der Waals surface area contributed by atoms with Crippen molar-refractivity contribution in [3.63, 3.8) is 0 Å². The third-order valence-corrected chi connectivity index (χ3v) is 17.4. The zero-order valence-electron chi connectivity index (χ0n) is 35.2. The molecule has 2 spiro atoms. The summed E-state index contributed by atoms with van der Waals surface area (Å²) in [6, 6.07) is 6.03. The normalized spacial score (nSPS) is 45.2. The number of hydrogen-bond acceptors (Lipinski definition) is 10. The topological polar surface area (TPSA) is 116 Å². The molecule has 0 radical (unpaired) electrons. The van der Waals surface area contributed by atoms with Crippen molar-refractivity contribution in [2.75, 3.05) is 33.9 Å². The van der Waals surface area contributed by atoms with Gasteiger partial charge in [0, 0.05) is 43.6 Å². The number of nitrogens with zero attached hydrogens (tertiary/aromatic N) is 1. The molecule has 8 rings (SSSR count). The van der Waals surface area contributed by atoms with Gasteiger partial charge in [-0.05, 0) is 117 Å². The van der Waals surface area contributed by atoms with Crippen molar-refractivity contribution in [2.24, 2.45) is 50.7 Å². The molecule has 14 unspecified atom stereocenters. The van der Waals surface area contributed by atoms with E-state index in [9.17, 15) is 15.0 Å². The summed E-state index contributed by atoms with van der Waals surface area (Å²) in [4.78, 5) is 14.6. The molecule has 10 heteroatoms. The van der Waals surface area contributed by atoms with Crippen molar-refractivity contribution in [3.05, 3.63) is 23.8 Å². The van der Waals surface area contributed by atoms with E-state index in [1.807, 2.05) is 12.1 Å². The Morgan fingerprint density at radius 3 is 2.45 bits per heavy atom. The zero-order valence-corrected chi connectivity index (χ0v) is 35.2. The van der Waals surface area contributed by atoms with E-state index in [0.29, 0.717) is 24.9 Å². The van der Waals surface area contributed by atoms with Gasteiger partial charge < -0.3 is 38.6 Å². The van der Waals surface area contributed by atoms with Crippen LogP contribution in [0.1, 0.15) is 112 Å². The van der Waals surface area contributed by atoms with E-state index >= 15 is 0 Å². The molecule has 308 valence electrons. The molecular weight excluding hydrogens is 698 g/mol. The van der Waals surface area contributed by atoms with Crippen LogP contribution in [0.15, 0.2) is 18.2 Å². The smallest absolute Gasteiger partial charge is 0.303 e. The third-order valence-electron chi connectivity index (χ3n) is 17.4. The van der Waals surface area contributed by atoms with Crippen molar-refractivity contribution in [3.8, 4) is 11.5 Å². The van der Waals surface area contributed by atoms with Crippen molar-refractivity contribution in [2.45, 2.75) is 156 Å². The zero-order chi connectivity index (χ0) is 39.5. The molecule has 2 N–H and O–H groups in total. The first-order valence-electron chi connectivity index (χ1n) is 21.3. The van der Waals surface area contributed by atoms with Crippen LogP contribution in [0.4, 0.5) is 0 Å². The first-order valence-corrected chi connectivity index (χ1v) is 21.3. The number of esters is 1. The maximum absolute atomic E-state index is 12.7. The average molecular weight is 768 g/mol. The minimum Gasteiger partial charge on any atom is -0.497 e. The van der Waals surface area contributed by atoms with Gasteiger partial charge in [-0.15, -0.1) is 0 Å². The highest BCUT2D eigenvalue weighted by Crippen LogP contribution is 2.89. The Bertz CT molecular complexity index is 1630. The van der Waals surface area contributed by atoms with E-state index in [-0.39, 0.29) is 57.4 Å². The first-order chi connectivity index (χ1) is 25.9. The minimum atomic E-state index is -1.26. The number of aliphatic hydroxyl groups is 2. The summed E-state index contributed by atoms with van der Waals surface area (Å²) >= 11 is 0. The van der Waals surface area contributed by atoms with Gasteiger partial charge in [-0.25, -0.2) is 0 Å². The number of ether oxygens (including phenoxy) is 6. The molecular formula is C45H69NO9. The number of benzene rings is 1. The van der Waals surface area contributed by atoms with Crippen LogP contribution in [0, 0.1) is 50.7 Å². The summed E-state index contributed by atoms with van der Waals surface area (Å²) < 4.78 is 37.0. The van der Waals surface area contributed by atoms with Crippen LogP contribution < -0.4 is 9.47 Å². The maximum Gasteiger partial charge on any atom is 0.303 e. The molecule has 1 aromatic carbocycles. The van der Waals surface area contributed by atoms with Gasteiger partial charge >= 0.3 is 5.97 Å². The van der Waals surface area contributed by atoms with Gasteiger partial charge in [-0.1, -0.05) is 40.7 Å². The summed E-state index contributed by atoms with van der Waals surface area (Å²) in [5, 5.41) is 23.7. The number of hydrogen-bond donors (Lipinski definition) is 2. The number of aliphatic hydroxyl groups excluding tert-OH is 1. The van der Waals surface area contributed by atoms with Crippen LogP contribution >= 0.6 is 0 Å². The van der Waals surface area contributed by atoms with Crippen LogP contribution in [0.25, 0.3) is 0 Å². The quantitative estimate of drug-likeness (QED) is 0.261. The first kappa shape index (κ1) is 39.9. The van der Waals surface area contributed by atoms with Crippen LogP contribution in [0.2, 0.25) is 0 Å². The second-order valence-corrected chi connectivity index (χ2v) is 20.6. The Morgan fingerprint density at radius 2 is 1.76 bits per heavy atom. The molecule has 2 heterocycles. The molecule has 5 saturated carbocycles. The molecule has 7 fully saturated rings. The van der Waals surface area contributed by atoms with Crippen molar-refractivity contribution in [1.82, 2.24) is 4.90 Å². The largest absolute Gasteiger partial charge is 0.497 e. The molecule has 0 amide bonds. The van der Waals surface area contributed by atoms with E-state index in [4.69, 9.17) is 28.4 Å². The van der Waals surface area contributed by atoms with Gasteiger partial charge in [0.05, 0.1) is 50.8 Å². The van der Waals surface area contributed by atoms with Crippen LogP contribution in [0.3, 0.4) is 0 Å². The highest BCUT2D eigenvalue weighted by molar-refractivity contribution is 5.66. The molecule has 2 saturated heterocycles. The molecule has 0 aromatic heterocycles. The van der Waals surface area contributed by atoms with E-state index in [1.165, 1.54) is 26.2 Å². The molecule has 7 aliphatic rings. The van der Waals surface area contributed by atoms with Crippen LogP contribution in [0.5, 0.6) is 11.5 Å². The lowest BCUT2D eigenvalue weighted by molar-refractivity contribution is -0.249. The number of rotatable bonds is 9. The highest BCUT2D eigenvalue weighted by atomic mass is 16.7. The molecule has 10 nitrogen and oxygen atoms in total. The Labute approximate surface area is 329 Å². The number of carbonyl (C=O) groups is 1. The number of methoxy groups -OCH3 is 2. The van der Waals surface area contributed by atoms with Crippen LogP contribution in [-0.4, -0.2) is 97.4 Å². The van der Waals surface area contributed by atoms with E-state index in [0.717, 1.165) is 62.4 Å². The van der Waals surface area contributed by atoms with Crippen molar-refractivity contribution < 1.29 is 43.4 Å². The summed E-state index contributed by atoms with van der Waals surface area (Å²) in [5.74, 6) is 2.63. The van der Waals surface area contributed by atoms with Gasteiger partial charge in [0.15, 0.2) is 12.4 Å². The lowest BCUT2D eigenvalue weighted by Gasteiger charge is -2.64. The fourth-order valence-electron chi connectivity index (χ4n) is 14.9. The molecule has 0 bridgehead atoms. The van der Waals surface area contributed by atoms with Gasteiger partial charge in [-0.3, -0.25) is 9.69 Å². The average Bonchev–Trinajstić information content (AvgIpc) is 3.76. The number of carbonyl (C=O) groups excluding carboxylic acids is 1. The maximum atomic E-state index is 12.7. The van der Waals surface area contributed by atoms with Gasteiger partial charge in [0.25, 0.3) is 0 Å². The van der Waals surface area contributed by atoms with Crippen LogP contribution in [-0.2, 0) is 30.3 Å².